The van der Waals surface area contributed by atoms with Crippen molar-refractivity contribution in [2.45, 2.75) is 19.5 Å². The number of fused-ring (bicyclic) bond motifs is 1. The zero-order chi connectivity index (χ0) is 16.4. The van der Waals surface area contributed by atoms with Crippen molar-refractivity contribution in [3.8, 4) is 16.9 Å². The lowest BCUT2D eigenvalue weighted by atomic mass is 9.98. The second kappa shape index (κ2) is 6.46. The molecule has 0 saturated carbocycles. The van der Waals surface area contributed by atoms with E-state index < -0.39 is 0 Å². The van der Waals surface area contributed by atoms with Crippen molar-refractivity contribution in [1.82, 2.24) is 9.88 Å². The summed E-state index contributed by atoms with van der Waals surface area (Å²) in [5.41, 5.74) is 6.33. The third-order valence-corrected chi connectivity index (χ3v) is 4.65. The monoisotopic (exact) mass is 316 g/mol. The molecule has 120 valence electrons. The first kappa shape index (κ1) is 14.9. The number of aromatic nitrogens is 1. The van der Waals surface area contributed by atoms with Crippen LogP contribution in [0, 0.1) is 0 Å². The van der Waals surface area contributed by atoms with E-state index in [0.717, 1.165) is 26.1 Å². The SMILES string of the molecule is Oc1ccc2c(c1)CN(Cc1ccc(-c3ccncc3)cc1)CC2. The normalized spacial score (nSPS) is 14.3. The Hall–Kier alpha value is -2.65. The van der Waals surface area contributed by atoms with Gasteiger partial charge in [-0.2, -0.15) is 0 Å². The van der Waals surface area contributed by atoms with Crippen molar-refractivity contribution in [1.29, 1.82) is 0 Å². The van der Waals surface area contributed by atoms with Crippen LogP contribution in [-0.2, 0) is 19.5 Å². The van der Waals surface area contributed by atoms with Gasteiger partial charge in [-0.25, -0.2) is 0 Å². The maximum absolute atomic E-state index is 9.68. The Labute approximate surface area is 142 Å². The van der Waals surface area contributed by atoms with E-state index in [1.807, 2.05) is 36.7 Å². The van der Waals surface area contributed by atoms with E-state index >= 15 is 0 Å². The van der Waals surface area contributed by atoms with Crippen LogP contribution in [0.15, 0.2) is 67.0 Å². The van der Waals surface area contributed by atoms with Crippen molar-refractivity contribution in [3.05, 3.63) is 83.7 Å². The molecule has 0 unspecified atom stereocenters. The Morgan fingerprint density at radius 1 is 0.875 bits per heavy atom. The van der Waals surface area contributed by atoms with Gasteiger partial charge in [0, 0.05) is 32.0 Å². The topological polar surface area (TPSA) is 36.4 Å². The van der Waals surface area contributed by atoms with Crippen LogP contribution in [0.25, 0.3) is 11.1 Å². The number of phenols is 1. The van der Waals surface area contributed by atoms with Crippen molar-refractivity contribution >= 4 is 0 Å². The molecule has 2 aromatic carbocycles. The average molecular weight is 316 g/mol. The van der Waals surface area contributed by atoms with Crippen LogP contribution in [0.5, 0.6) is 5.75 Å². The standard InChI is InChI=1S/C21H20N2O/c24-21-6-5-18-9-12-23(15-20(18)13-21)14-16-1-3-17(4-2-16)19-7-10-22-11-8-19/h1-8,10-11,13,24H,9,12,14-15H2. The largest absolute Gasteiger partial charge is 0.508 e. The minimum absolute atomic E-state index is 0.359. The maximum Gasteiger partial charge on any atom is 0.115 e. The molecular formula is C21H20N2O. The molecule has 0 fully saturated rings. The van der Waals surface area contributed by atoms with Gasteiger partial charge in [0.05, 0.1) is 0 Å². The lowest BCUT2D eigenvalue weighted by molar-refractivity contribution is 0.245. The van der Waals surface area contributed by atoms with Gasteiger partial charge in [0.2, 0.25) is 0 Å². The molecule has 3 aromatic rings. The van der Waals surface area contributed by atoms with Crippen LogP contribution in [0.1, 0.15) is 16.7 Å². The number of hydrogen-bond acceptors (Lipinski definition) is 3. The number of nitrogens with zero attached hydrogens (tertiary/aromatic N) is 2. The minimum Gasteiger partial charge on any atom is -0.508 e. The Bertz CT molecular complexity index is 828. The van der Waals surface area contributed by atoms with Gasteiger partial charge < -0.3 is 5.11 Å². The highest BCUT2D eigenvalue weighted by atomic mass is 16.3. The maximum atomic E-state index is 9.68. The number of phenolic OH excluding ortho intramolecular Hbond substituents is 1. The van der Waals surface area contributed by atoms with Gasteiger partial charge in [-0.1, -0.05) is 30.3 Å². The summed E-state index contributed by atoms with van der Waals surface area (Å²) in [5, 5.41) is 9.68. The molecule has 0 amide bonds. The summed E-state index contributed by atoms with van der Waals surface area (Å²) in [6.45, 7) is 2.89. The fraction of sp³-hybridized carbons (Fsp3) is 0.190. The van der Waals surface area contributed by atoms with Gasteiger partial charge in [-0.3, -0.25) is 9.88 Å². The van der Waals surface area contributed by atoms with Crippen molar-refractivity contribution in [2.75, 3.05) is 6.54 Å². The molecule has 2 heterocycles. The lowest BCUT2D eigenvalue weighted by Crippen LogP contribution is -2.29. The summed E-state index contributed by atoms with van der Waals surface area (Å²) in [6.07, 6.45) is 4.69. The van der Waals surface area contributed by atoms with E-state index in [1.165, 1.54) is 27.8 Å². The molecule has 4 rings (SSSR count). The first-order valence-electron chi connectivity index (χ1n) is 8.30. The van der Waals surface area contributed by atoms with E-state index in [0.29, 0.717) is 5.75 Å². The predicted octanol–water partition coefficient (Wildman–Crippen LogP) is 4.01. The van der Waals surface area contributed by atoms with E-state index in [9.17, 15) is 5.11 Å². The number of pyridine rings is 1. The molecule has 1 N–H and O–H groups in total. The predicted molar refractivity (Wildman–Crippen MR) is 95.6 cm³/mol. The summed E-state index contributed by atoms with van der Waals surface area (Å²) >= 11 is 0. The molecule has 0 spiro atoms. The molecule has 0 saturated heterocycles. The third kappa shape index (κ3) is 3.17. The Kier molecular flexibility index (Phi) is 4.01. The average Bonchev–Trinajstić information content (AvgIpc) is 2.63. The Morgan fingerprint density at radius 2 is 1.62 bits per heavy atom. The van der Waals surface area contributed by atoms with Gasteiger partial charge in [-0.15, -0.1) is 0 Å². The highest BCUT2D eigenvalue weighted by molar-refractivity contribution is 5.62. The van der Waals surface area contributed by atoms with Crippen LogP contribution in [0.3, 0.4) is 0 Å². The van der Waals surface area contributed by atoms with Gasteiger partial charge in [0.25, 0.3) is 0 Å². The molecule has 0 aliphatic carbocycles. The van der Waals surface area contributed by atoms with E-state index in [-0.39, 0.29) is 0 Å². The van der Waals surface area contributed by atoms with Gasteiger partial charge >= 0.3 is 0 Å². The minimum atomic E-state index is 0.359. The number of hydrogen-bond donors (Lipinski definition) is 1. The fourth-order valence-corrected chi connectivity index (χ4v) is 3.34. The van der Waals surface area contributed by atoms with Crippen molar-refractivity contribution < 1.29 is 5.11 Å². The van der Waals surface area contributed by atoms with Gasteiger partial charge in [0.15, 0.2) is 0 Å². The van der Waals surface area contributed by atoms with Crippen LogP contribution < -0.4 is 0 Å². The Balaban J connectivity index is 1.46. The second-order valence-corrected chi connectivity index (χ2v) is 6.35. The lowest BCUT2D eigenvalue weighted by Gasteiger charge is -2.28. The zero-order valence-electron chi connectivity index (χ0n) is 13.5. The summed E-state index contributed by atoms with van der Waals surface area (Å²) < 4.78 is 0. The summed E-state index contributed by atoms with van der Waals surface area (Å²) in [7, 11) is 0. The molecule has 1 aliphatic rings. The molecular weight excluding hydrogens is 296 g/mol. The zero-order valence-corrected chi connectivity index (χ0v) is 13.5. The quantitative estimate of drug-likeness (QED) is 0.793. The summed E-state index contributed by atoms with van der Waals surface area (Å²) in [5.74, 6) is 0.359. The highest BCUT2D eigenvalue weighted by Gasteiger charge is 2.16. The van der Waals surface area contributed by atoms with Gasteiger partial charge in [-0.05, 0) is 58.5 Å². The van der Waals surface area contributed by atoms with Crippen molar-refractivity contribution in [3.63, 3.8) is 0 Å². The molecule has 3 nitrogen and oxygen atoms in total. The molecule has 0 atom stereocenters. The Morgan fingerprint density at radius 3 is 2.42 bits per heavy atom. The molecule has 1 aliphatic heterocycles. The fourth-order valence-electron chi connectivity index (χ4n) is 3.34. The van der Waals surface area contributed by atoms with Crippen LogP contribution in [0.4, 0.5) is 0 Å². The van der Waals surface area contributed by atoms with Crippen LogP contribution >= 0.6 is 0 Å². The number of benzene rings is 2. The molecule has 24 heavy (non-hydrogen) atoms. The van der Waals surface area contributed by atoms with Crippen LogP contribution in [0.2, 0.25) is 0 Å². The summed E-state index contributed by atoms with van der Waals surface area (Å²) in [6, 6.07) is 18.5. The third-order valence-electron chi connectivity index (χ3n) is 4.65. The van der Waals surface area contributed by atoms with E-state index in [4.69, 9.17) is 0 Å². The first-order chi connectivity index (χ1) is 11.8. The van der Waals surface area contributed by atoms with Crippen molar-refractivity contribution in [2.24, 2.45) is 0 Å². The smallest absolute Gasteiger partial charge is 0.115 e. The highest BCUT2D eigenvalue weighted by Crippen LogP contribution is 2.25. The molecule has 1 aromatic heterocycles. The molecule has 0 bridgehead atoms. The number of rotatable bonds is 3. The molecule has 0 radical (unpaired) electrons. The summed E-state index contributed by atoms with van der Waals surface area (Å²) in [4.78, 5) is 6.50. The molecule has 3 heteroatoms. The number of aromatic hydroxyl groups is 1. The van der Waals surface area contributed by atoms with Crippen LogP contribution in [-0.4, -0.2) is 21.5 Å². The van der Waals surface area contributed by atoms with E-state index in [1.54, 1.807) is 6.07 Å². The second-order valence-electron chi connectivity index (χ2n) is 6.35. The van der Waals surface area contributed by atoms with E-state index in [2.05, 4.69) is 34.1 Å². The van der Waals surface area contributed by atoms with Gasteiger partial charge in [0.1, 0.15) is 5.75 Å². The first-order valence-corrected chi connectivity index (χ1v) is 8.30.